The second kappa shape index (κ2) is 24.0. The summed E-state index contributed by atoms with van der Waals surface area (Å²) in [7, 11) is 0. The van der Waals surface area contributed by atoms with Crippen LogP contribution in [-0.4, -0.2) is 38.2 Å². The Morgan fingerprint density at radius 1 is 0.206 bits per heavy atom. The summed E-state index contributed by atoms with van der Waals surface area (Å²) in [5.74, 6) is 1.34. The summed E-state index contributed by atoms with van der Waals surface area (Å²) in [6, 6.07) is 114. The molecule has 0 aliphatic carbocycles. The highest BCUT2D eigenvalue weighted by molar-refractivity contribution is 6.15. The van der Waals surface area contributed by atoms with Crippen LogP contribution in [0.5, 0.6) is 0 Å². The molecule has 0 radical (unpaired) electrons. The van der Waals surface area contributed by atoms with Crippen molar-refractivity contribution in [1.82, 2.24) is 38.2 Å². The molecular formula is C94H60N8. The minimum Gasteiger partial charge on any atom is -0.309 e. The van der Waals surface area contributed by atoms with E-state index in [-0.39, 0.29) is 29.9 Å². The zero-order chi connectivity index (χ0) is 71.5. The molecule has 476 valence electrons. The molecule has 8 nitrogen and oxygen atoms in total. The van der Waals surface area contributed by atoms with Crippen LogP contribution in [-0.2, 0) is 0 Å². The van der Waals surface area contributed by atoms with Crippen molar-refractivity contribution >= 4 is 109 Å². The second-order valence-electron chi connectivity index (χ2n) is 25.7. The summed E-state index contributed by atoms with van der Waals surface area (Å²) in [5.41, 5.74) is 21.7. The van der Waals surface area contributed by atoms with Gasteiger partial charge in [-0.05, 0) is 156 Å². The molecule has 0 aliphatic heterocycles. The molecule has 0 spiro atoms. The third kappa shape index (κ3) is 9.68. The standard InChI is InChI=1S/C50H32N4.C44H28N4/c1-3-13-33(14-4-1)49-41-19-7-10-20-44(41)51-50(52-49)34-23-27-38(28-24-34)54-46-22-12-9-18-40(46)43-32-36(26-30-48(43)54)35-25-29-47-42(31-35)39-17-8-11-21-45(39)53(47)37-15-5-2-6-16-37;1-3-13-29(14-4-1)43-35-19-7-10-20-38(35)45-44(46-43)48-40-22-12-9-18-34(40)37-28-31(24-26-42(37)48)30-23-25-41-36(27-30)33-17-8-11-21-39(33)47(41)32-15-5-2-6-16-32/h1-32H;1-28H/i2D,5D,6D,15D,16D;. The van der Waals surface area contributed by atoms with Gasteiger partial charge in [-0.3, -0.25) is 4.57 Å². The van der Waals surface area contributed by atoms with Crippen LogP contribution in [0, 0.1) is 0 Å². The number of hydrogen-bond donors (Lipinski definition) is 0. The van der Waals surface area contributed by atoms with Gasteiger partial charge in [-0.15, -0.1) is 0 Å². The summed E-state index contributed by atoms with van der Waals surface area (Å²) in [6.07, 6.45) is 0. The Hall–Kier alpha value is -13.8. The van der Waals surface area contributed by atoms with Crippen LogP contribution in [0.2, 0.25) is 0 Å². The fourth-order valence-electron chi connectivity index (χ4n) is 15.3. The number of rotatable bonds is 9. The molecule has 21 rings (SSSR count). The zero-order valence-corrected chi connectivity index (χ0v) is 54.8. The lowest BCUT2D eigenvalue weighted by Gasteiger charge is -2.12. The van der Waals surface area contributed by atoms with Crippen LogP contribution in [0.15, 0.2) is 364 Å². The maximum atomic E-state index is 8.76. The molecule has 0 saturated carbocycles. The first kappa shape index (κ1) is 53.3. The molecule has 0 bridgehead atoms. The predicted molar refractivity (Wildman–Crippen MR) is 424 cm³/mol. The summed E-state index contributed by atoms with van der Waals surface area (Å²) < 4.78 is 51.0. The van der Waals surface area contributed by atoms with Crippen LogP contribution in [0.25, 0.3) is 188 Å². The predicted octanol–water partition coefficient (Wildman–Crippen LogP) is 24.0. The smallest absolute Gasteiger partial charge is 0.235 e. The zero-order valence-electron chi connectivity index (χ0n) is 59.8. The van der Waals surface area contributed by atoms with Crippen molar-refractivity contribution in [3.63, 3.8) is 0 Å². The molecule has 15 aromatic carbocycles. The van der Waals surface area contributed by atoms with Gasteiger partial charge in [0.25, 0.3) is 0 Å². The van der Waals surface area contributed by atoms with E-state index in [1.165, 1.54) is 43.7 Å². The van der Waals surface area contributed by atoms with Crippen molar-refractivity contribution in [3.05, 3.63) is 364 Å². The molecule has 102 heavy (non-hydrogen) atoms. The van der Waals surface area contributed by atoms with Crippen LogP contribution in [0.4, 0.5) is 0 Å². The van der Waals surface area contributed by atoms with Gasteiger partial charge in [-0.1, -0.05) is 230 Å². The summed E-state index contributed by atoms with van der Waals surface area (Å²) in [6.45, 7) is 0. The summed E-state index contributed by atoms with van der Waals surface area (Å²) >= 11 is 0. The van der Waals surface area contributed by atoms with Gasteiger partial charge in [0, 0.05) is 87.6 Å². The lowest BCUT2D eigenvalue weighted by atomic mass is 10.0. The van der Waals surface area contributed by atoms with Crippen LogP contribution in [0.3, 0.4) is 0 Å². The van der Waals surface area contributed by atoms with Gasteiger partial charge >= 0.3 is 0 Å². The first-order chi connectivity index (χ1) is 52.7. The van der Waals surface area contributed by atoms with Crippen LogP contribution >= 0.6 is 0 Å². The number of aromatic nitrogens is 8. The third-order valence-electron chi connectivity index (χ3n) is 20.0. The Labute approximate surface area is 593 Å². The Morgan fingerprint density at radius 3 is 0.980 bits per heavy atom. The topological polar surface area (TPSA) is 71.3 Å². The molecule has 6 heterocycles. The lowest BCUT2D eigenvalue weighted by Crippen LogP contribution is -2.03. The number of para-hydroxylation sites is 8. The lowest BCUT2D eigenvalue weighted by molar-refractivity contribution is 1.01. The fourth-order valence-corrected chi connectivity index (χ4v) is 15.3. The van der Waals surface area contributed by atoms with Gasteiger partial charge < -0.3 is 13.7 Å². The third-order valence-corrected chi connectivity index (χ3v) is 20.0. The molecule has 8 heteroatoms. The van der Waals surface area contributed by atoms with Crippen molar-refractivity contribution in [2.45, 2.75) is 0 Å². The van der Waals surface area contributed by atoms with Crippen molar-refractivity contribution in [2.75, 3.05) is 0 Å². The number of benzene rings is 15. The van der Waals surface area contributed by atoms with Gasteiger partial charge in [0.05, 0.1) is 73.4 Å². The maximum Gasteiger partial charge on any atom is 0.235 e. The molecule has 0 saturated heterocycles. The van der Waals surface area contributed by atoms with E-state index in [0.717, 1.165) is 127 Å². The molecule has 21 aromatic rings. The normalized spacial score (nSPS) is 12.4. The van der Waals surface area contributed by atoms with Crippen LogP contribution in [0.1, 0.15) is 6.85 Å². The number of nitrogens with zero attached hydrogens (tertiary/aromatic N) is 8. The molecular weight excluding hydrogens is 1240 g/mol. The van der Waals surface area contributed by atoms with E-state index in [1.54, 1.807) is 4.57 Å². The Bertz CT molecular complexity index is 7160. The molecule has 0 atom stereocenters. The molecule has 6 aromatic heterocycles. The number of fused-ring (bicyclic) bond motifs is 14. The Balaban J connectivity index is 0.000000144. The SMILES string of the molecule is [2H]c1c([2H])c([2H])c(-n2c3ccccc3c3cc(-c4ccc5c(c4)c4ccccc4n5-c4ccc(-c5nc(-c6ccccc6)c6ccccc6n5)cc4)ccc32)c([2H])c1[2H].c1ccc(-c2nc(-n3c4ccccc4c4cc(-c5ccc6c(c5)c5ccccc5n6-c5ccccc5)ccc43)nc3ccccc23)cc1. The highest BCUT2D eigenvalue weighted by Gasteiger charge is 2.22. The molecule has 0 N–H and O–H groups in total. The van der Waals surface area contributed by atoms with Gasteiger partial charge in [0.1, 0.15) is 0 Å². The van der Waals surface area contributed by atoms with Gasteiger partial charge in [0.2, 0.25) is 5.95 Å². The fraction of sp³-hybridized carbons (Fsp3) is 0. The van der Waals surface area contributed by atoms with E-state index in [4.69, 9.17) is 26.8 Å². The van der Waals surface area contributed by atoms with Crippen molar-refractivity contribution in [1.29, 1.82) is 0 Å². The summed E-state index contributed by atoms with van der Waals surface area (Å²) in [4.78, 5) is 20.4. The minimum atomic E-state index is -0.409. The Morgan fingerprint density at radius 2 is 0.529 bits per heavy atom. The van der Waals surface area contributed by atoms with E-state index in [0.29, 0.717) is 11.8 Å². The van der Waals surface area contributed by atoms with Gasteiger partial charge in [-0.2, -0.15) is 0 Å². The average molecular weight is 1310 g/mol. The molecule has 0 aliphatic rings. The van der Waals surface area contributed by atoms with E-state index in [9.17, 15) is 0 Å². The van der Waals surface area contributed by atoms with E-state index in [1.807, 2.05) is 84.9 Å². The van der Waals surface area contributed by atoms with Gasteiger partial charge in [0.15, 0.2) is 5.82 Å². The maximum absolute atomic E-state index is 8.76. The monoisotopic (exact) mass is 1310 g/mol. The average Bonchev–Trinajstić information content (AvgIpc) is 1.60. The van der Waals surface area contributed by atoms with E-state index in [2.05, 4.69) is 262 Å². The van der Waals surface area contributed by atoms with E-state index < -0.39 is 6.04 Å². The quantitative estimate of drug-likeness (QED) is 0.144. The molecule has 0 fully saturated rings. The highest BCUT2D eigenvalue weighted by atomic mass is 15.2. The molecule has 0 amide bonds. The highest BCUT2D eigenvalue weighted by Crippen LogP contribution is 2.42. The largest absolute Gasteiger partial charge is 0.309 e. The van der Waals surface area contributed by atoms with Gasteiger partial charge in [-0.25, -0.2) is 19.9 Å². The second-order valence-corrected chi connectivity index (χ2v) is 25.7. The molecule has 0 unspecified atom stereocenters. The van der Waals surface area contributed by atoms with Crippen LogP contribution < -0.4 is 0 Å². The van der Waals surface area contributed by atoms with E-state index >= 15 is 0 Å². The summed E-state index contributed by atoms with van der Waals surface area (Å²) in [5, 5.41) is 11.0. The Kier molecular flexibility index (Phi) is 12.5. The number of hydrogen-bond acceptors (Lipinski definition) is 4. The van der Waals surface area contributed by atoms with Crippen molar-refractivity contribution in [3.8, 4) is 79.2 Å². The first-order valence-corrected chi connectivity index (χ1v) is 34.2. The van der Waals surface area contributed by atoms with Crippen molar-refractivity contribution in [2.24, 2.45) is 0 Å². The minimum absolute atomic E-state index is 0.138. The van der Waals surface area contributed by atoms with Crippen molar-refractivity contribution < 1.29 is 6.85 Å². The first-order valence-electron chi connectivity index (χ1n) is 36.7.